The maximum atomic E-state index is 14.1. The van der Waals surface area contributed by atoms with Crippen LogP contribution >= 0.6 is 11.6 Å². The van der Waals surface area contributed by atoms with Crippen LogP contribution in [0, 0.1) is 0 Å². The summed E-state index contributed by atoms with van der Waals surface area (Å²) >= 11 is 6.61. The molecule has 1 fully saturated rings. The fourth-order valence-corrected chi connectivity index (χ4v) is 9.82. The molecular weight excluding hydrogens is 1010 g/mol. The van der Waals surface area contributed by atoms with E-state index < -0.39 is 138 Å². The number of ether oxygens (including phenoxy) is 4. The van der Waals surface area contributed by atoms with Crippen molar-refractivity contribution in [1.82, 2.24) is 16.0 Å². The number of amides is 4. The van der Waals surface area contributed by atoms with E-state index in [4.69, 9.17) is 42.0 Å². The van der Waals surface area contributed by atoms with E-state index in [9.17, 15) is 59.1 Å². The summed E-state index contributed by atoms with van der Waals surface area (Å²) in [7, 11) is 1.29. The predicted molar refractivity (Wildman–Crippen MR) is 272 cm³/mol. The van der Waals surface area contributed by atoms with E-state index in [1.165, 1.54) is 57.4 Å². The molecule has 2 aliphatic carbocycles. The molecule has 0 bridgehead atoms. The number of halogens is 1. The Hall–Kier alpha value is -7.02. The van der Waals surface area contributed by atoms with E-state index in [1.807, 2.05) is 6.07 Å². The van der Waals surface area contributed by atoms with Crippen LogP contribution in [0.5, 0.6) is 17.2 Å². The number of phenols is 2. The molecule has 406 valence electrons. The number of rotatable bonds is 20. The first-order valence-corrected chi connectivity index (χ1v) is 24.9. The van der Waals surface area contributed by atoms with Crippen LogP contribution in [-0.4, -0.2) is 135 Å². The van der Waals surface area contributed by atoms with Gasteiger partial charge in [-0.25, -0.2) is 4.79 Å². The van der Waals surface area contributed by atoms with E-state index in [1.54, 1.807) is 24.3 Å². The van der Waals surface area contributed by atoms with E-state index in [0.29, 0.717) is 24.9 Å². The average Bonchev–Trinajstić information content (AvgIpc) is 3.39. The first-order chi connectivity index (χ1) is 36.2. The lowest BCUT2D eigenvalue weighted by molar-refractivity contribution is -0.249. The molecule has 1 saturated heterocycles. The molecule has 0 saturated carbocycles. The lowest BCUT2D eigenvalue weighted by atomic mass is 9.72. The summed E-state index contributed by atoms with van der Waals surface area (Å²) in [5, 5.41) is 67.0. The molecule has 7 rings (SSSR count). The predicted octanol–water partition coefficient (Wildman–Crippen LogP) is 2.25. The van der Waals surface area contributed by atoms with Gasteiger partial charge in [-0.1, -0.05) is 60.1 Å². The number of phenolic OH excluding ortho intramolecular Hbond substituents is 2. The second kappa shape index (κ2) is 24.3. The zero-order valence-electron chi connectivity index (χ0n) is 41.8. The summed E-state index contributed by atoms with van der Waals surface area (Å²) in [4.78, 5) is 94.3. The number of hydrogen-bond donors (Lipinski definition) is 11. The summed E-state index contributed by atoms with van der Waals surface area (Å²) in [6.07, 6.45) is -6.53. The van der Waals surface area contributed by atoms with Gasteiger partial charge in [0.2, 0.25) is 23.5 Å². The van der Waals surface area contributed by atoms with Crippen LogP contribution in [0.3, 0.4) is 0 Å². The van der Waals surface area contributed by atoms with Crippen LogP contribution in [0.15, 0.2) is 66.7 Å². The Labute approximate surface area is 441 Å². The molecule has 0 radical (unpaired) electrons. The second-order valence-corrected chi connectivity index (χ2v) is 19.4. The van der Waals surface area contributed by atoms with Gasteiger partial charge >= 0.3 is 6.09 Å². The Balaban J connectivity index is 1.02. The van der Waals surface area contributed by atoms with Gasteiger partial charge in [-0.05, 0) is 69.0 Å². The van der Waals surface area contributed by atoms with Crippen molar-refractivity contribution in [3.63, 3.8) is 0 Å². The molecule has 9 atom stereocenters. The fourth-order valence-electron chi connectivity index (χ4n) is 9.57. The first kappa shape index (κ1) is 56.7. The topological polar surface area (TPSA) is 358 Å². The number of Topliss-reactive ketones (excluding diaryl/α,β-unsaturated/α-hetero) is 1. The zero-order chi connectivity index (χ0) is 55.2. The van der Waals surface area contributed by atoms with Crippen molar-refractivity contribution in [3.8, 4) is 17.2 Å². The number of aliphatic hydroxyl groups excluding tert-OH is 2. The third-order valence-corrected chi connectivity index (χ3v) is 13.9. The zero-order valence-corrected chi connectivity index (χ0v) is 42.6. The van der Waals surface area contributed by atoms with Crippen molar-refractivity contribution in [2.24, 2.45) is 11.5 Å². The van der Waals surface area contributed by atoms with Crippen LogP contribution in [0.2, 0.25) is 5.02 Å². The normalized spacial score (nSPS) is 21.9. The summed E-state index contributed by atoms with van der Waals surface area (Å²) in [5.41, 5.74) is 8.41. The van der Waals surface area contributed by atoms with Crippen molar-refractivity contribution in [2.45, 2.75) is 120 Å². The largest absolute Gasteiger partial charge is 0.507 e. The number of alkyl carbamates (subject to hydrolysis) is 1. The number of carbonyl (C=O) groups is 7. The third kappa shape index (κ3) is 12.3. The molecule has 76 heavy (non-hydrogen) atoms. The van der Waals surface area contributed by atoms with Crippen LogP contribution in [0.4, 0.5) is 10.5 Å². The highest BCUT2D eigenvalue weighted by molar-refractivity contribution is 6.34. The molecule has 0 spiro atoms. The Kier molecular flexibility index (Phi) is 18.1. The highest BCUT2D eigenvalue weighted by atomic mass is 35.5. The van der Waals surface area contributed by atoms with Gasteiger partial charge in [-0.3, -0.25) is 28.8 Å². The van der Waals surface area contributed by atoms with Crippen LogP contribution in [-0.2, 0) is 52.8 Å². The number of unbranched alkanes of at least 4 members (excludes halogenated alkanes) is 1. The van der Waals surface area contributed by atoms with Gasteiger partial charge in [0.25, 0.3) is 0 Å². The molecule has 22 nitrogen and oxygen atoms in total. The quantitative estimate of drug-likeness (QED) is 0.0393. The van der Waals surface area contributed by atoms with Crippen LogP contribution in [0.1, 0.15) is 106 Å². The van der Waals surface area contributed by atoms with Gasteiger partial charge in [-0.15, -0.1) is 0 Å². The molecule has 4 amide bonds. The molecule has 0 unspecified atom stereocenters. The van der Waals surface area contributed by atoms with Gasteiger partial charge in [0.1, 0.15) is 54.3 Å². The molecule has 3 aliphatic rings. The number of nitrogens with one attached hydrogen (secondary N) is 4. The standard InChI is InChI=1S/C53H61ClN6O16/c1-25(56)49(68)59-35(19-27-10-5-4-6-11-27)51(70)58-33(13-7-8-17-55)50(69)57-32-16-15-28(18-31(32)54)24-74-52(71)60-34-20-39(75-26(2)44(34)63)76-37-22-53(72,38(62)23-61)21-30-41(37)48(67)43-42(46(30)65)45(64)29-12-9-14-36(73-3)40(29)47(43)66/h4-6,9-12,14-16,18,25-26,33-35,37,39,44,61,63,65,67,72H,7-8,13,17,19-24,55-56H2,1-3H3,(H,57,69)(H,58,70)(H,59,68)(H,60,71)/t25-,26+,33+,34+,35+,37+,39+,44-,53+/m1/s1. The molecule has 4 aromatic rings. The van der Waals surface area contributed by atoms with Crippen molar-refractivity contribution in [1.29, 1.82) is 0 Å². The van der Waals surface area contributed by atoms with E-state index in [2.05, 4.69) is 21.3 Å². The lowest BCUT2D eigenvalue weighted by Crippen LogP contribution is -2.56. The smallest absolute Gasteiger partial charge is 0.407 e. The van der Waals surface area contributed by atoms with Crippen LogP contribution < -0.4 is 37.5 Å². The van der Waals surface area contributed by atoms with E-state index >= 15 is 0 Å². The Morgan fingerprint density at radius 3 is 2.28 bits per heavy atom. The van der Waals surface area contributed by atoms with Gasteiger partial charge in [0.05, 0.1) is 58.8 Å². The Bertz CT molecular complexity index is 2890. The molecule has 13 N–H and O–H groups in total. The number of aromatic hydroxyl groups is 2. The van der Waals surface area contributed by atoms with E-state index in [0.717, 1.165) is 5.56 Å². The van der Waals surface area contributed by atoms with E-state index in [-0.39, 0.29) is 64.6 Å². The second-order valence-electron chi connectivity index (χ2n) is 19.0. The Morgan fingerprint density at radius 1 is 0.895 bits per heavy atom. The van der Waals surface area contributed by atoms with Gasteiger partial charge < -0.3 is 77.2 Å². The summed E-state index contributed by atoms with van der Waals surface area (Å²) in [6.45, 7) is 1.84. The van der Waals surface area contributed by atoms with Crippen molar-refractivity contribution < 1.29 is 78.0 Å². The van der Waals surface area contributed by atoms with Crippen molar-refractivity contribution >= 4 is 58.5 Å². The minimum atomic E-state index is -2.41. The number of benzene rings is 4. The number of methoxy groups -OCH3 is 1. The highest BCUT2D eigenvalue weighted by Crippen LogP contribution is 2.52. The highest BCUT2D eigenvalue weighted by Gasteiger charge is 2.50. The van der Waals surface area contributed by atoms with Gasteiger partial charge in [0, 0.05) is 42.4 Å². The first-order valence-electron chi connectivity index (χ1n) is 24.6. The number of aliphatic hydroxyl groups is 3. The van der Waals surface area contributed by atoms with Gasteiger partial charge in [0.15, 0.2) is 17.9 Å². The van der Waals surface area contributed by atoms with Crippen molar-refractivity contribution in [2.75, 3.05) is 25.6 Å². The van der Waals surface area contributed by atoms with Crippen molar-refractivity contribution in [3.05, 3.63) is 116 Å². The maximum Gasteiger partial charge on any atom is 0.407 e. The molecular formula is C53H61ClN6O16. The molecule has 4 aromatic carbocycles. The number of anilines is 1. The third-order valence-electron chi connectivity index (χ3n) is 13.6. The monoisotopic (exact) mass is 1070 g/mol. The Morgan fingerprint density at radius 2 is 1.61 bits per heavy atom. The lowest BCUT2D eigenvalue weighted by Gasteiger charge is -2.42. The fraction of sp³-hybridized carbons (Fsp3) is 0.415. The van der Waals surface area contributed by atoms with Gasteiger partial charge in [-0.2, -0.15) is 0 Å². The molecule has 23 heteroatoms. The SMILES string of the molecule is COc1cccc2c1C(=O)c1c(O)c3c(c(O)c1C2=O)C[C@@](O)(C(=O)CO)C[C@@H]3O[C@H]1C[C@H](NC(=O)OCc2ccc(NC(=O)[C@H](CCCCN)NC(=O)[C@H](Cc3ccccc3)NC(=O)[C@@H](C)N)c(Cl)c2)[C@H](O)[C@H](C)O1. The number of nitrogens with two attached hydrogens (primary N) is 2. The average molecular weight is 1070 g/mol. The minimum Gasteiger partial charge on any atom is -0.507 e. The number of ketones is 3. The van der Waals surface area contributed by atoms with Crippen LogP contribution in [0.25, 0.3) is 0 Å². The molecule has 0 aromatic heterocycles. The molecule has 1 aliphatic heterocycles. The number of carbonyl (C=O) groups excluding carboxylic acids is 7. The number of fused-ring (bicyclic) bond motifs is 3. The summed E-state index contributed by atoms with van der Waals surface area (Å²) in [6, 6.07) is 13.5. The number of hydrogen-bond acceptors (Lipinski definition) is 18. The minimum absolute atomic E-state index is 0.0260. The summed E-state index contributed by atoms with van der Waals surface area (Å²) < 4.78 is 23.0. The molecule has 1 heterocycles. The summed E-state index contributed by atoms with van der Waals surface area (Å²) in [5.74, 6) is -6.10. The maximum absolute atomic E-state index is 14.1.